The Balaban J connectivity index is 0. The molecule has 50 valence electrons. The zero-order valence-corrected chi connectivity index (χ0v) is 4.76. The van der Waals surface area contributed by atoms with Crippen LogP contribution >= 0.6 is 0 Å². The number of aliphatic hydroxyl groups excluding tert-OH is 1. The Hall–Kier alpha value is -0.410. The van der Waals surface area contributed by atoms with Crippen molar-refractivity contribution in [1.29, 1.82) is 0 Å². The molecule has 0 aromatic carbocycles. The van der Waals surface area contributed by atoms with Crippen LogP contribution in [0.2, 0.25) is 0 Å². The van der Waals surface area contributed by atoms with E-state index in [-0.39, 0.29) is 20.4 Å². The molecule has 0 saturated heterocycles. The summed E-state index contributed by atoms with van der Waals surface area (Å²) in [5.74, 6) is 0.0130. The van der Waals surface area contributed by atoms with Crippen molar-refractivity contribution in [1.82, 2.24) is 0 Å². The maximum atomic E-state index is 10.3. The predicted octanol–water partition coefficient (Wildman–Crippen LogP) is -0.467. The van der Waals surface area contributed by atoms with E-state index in [1.165, 1.54) is 0 Å². The number of carbonyl (C=O) groups excluding carboxylic acids is 1. The van der Waals surface area contributed by atoms with Gasteiger partial charge in [-0.15, -0.1) is 0 Å². The molecule has 0 aromatic heterocycles. The SMILES string of the molecule is NCC(=O)CCCO.[HH]. The number of ketones is 1. The summed E-state index contributed by atoms with van der Waals surface area (Å²) < 4.78 is 0. The Morgan fingerprint density at radius 3 is 2.75 bits per heavy atom. The van der Waals surface area contributed by atoms with Crippen LogP contribution in [0.5, 0.6) is 0 Å². The monoisotopic (exact) mass is 119 g/mol. The molecule has 0 atom stereocenters. The smallest absolute Gasteiger partial charge is 0.146 e. The highest BCUT2D eigenvalue weighted by molar-refractivity contribution is 5.80. The minimum absolute atomic E-state index is 0. The summed E-state index contributed by atoms with van der Waals surface area (Å²) in [6, 6.07) is 0. The van der Waals surface area contributed by atoms with Gasteiger partial charge in [-0.1, -0.05) is 0 Å². The first-order chi connectivity index (χ1) is 3.81. The fraction of sp³-hybridized carbons (Fsp3) is 0.800. The van der Waals surface area contributed by atoms with Crippen LogP contribution in [0, 0.1) is 0 Å². The number of Topliss-reactive ketones (excluding diaryl/α,β-unsaturated/α-hetero) is 1. The van der Waals surface area contributed by atoms with Crippen molar-refractivity contribution in [2.75, 3.05) is 13.2 Å². The average molecular weight is 119 g/mol. The van der Waals surface area contributed by atoms with E-state index in [9.17, 15) is 4.79 Å². The molecule has 3 N–H and O–H groups in total. The maximum absolute atomic E-state index is 10.3. The number of hydrogen-bond acceptors (Lipinski definition) is 3. The van der Waals surface area contributed by atoms with Crippen LogP contribution in [0.1, 0.15) is 14.3 Å². The average Bonchev–Trinajstić information content (AvgIpc) is 1.83. The van der Waals surface area contributed by atoms with E-state index >= 15 is 0 Å². The first-order valence-electron chi connectivity index (χ1n) is 2.64. The molecule has 0 heterocycles. The highest BCUT2D eigenvalue weighted by atomic mass is 16.3. The summed E-state index contributed by atoms with van der Waals surface area (Å²) in [5, 5.41) is 8.22. The number of rotatable bonds is 4. The second kappa shape index (κ2) is 4.74. The van der Waals surface area contributed by atoms with Crippen LogP contribution in [0.15, 0.2) is 0 Å². The Bertz CT molecular complexity index is 77.4. The van der Waals surface area contributed by atoms with Gasteiger partial charge in [-0.25, -0.2) is 0 Å². The van der Waals surface area contributed by atoms with Gasteiger partial charge < -0.3 is 10.8 Å². The molecule has 0 unspecified atom stereocenters. The topological polar surface area (TPSA) is 63.3 Å². The van der Waals surface area contributed by atoms with Crippen molar-refractivity contribution in [3.63, 3.8) is 0 Å². The molecule has 0 saturated carbocycles. The summed E-state index contributed by atoms with van der Waals surface area (Å²) in [7, 11) is 0. The van der Waals surface area contributed by atoms with Gasteiger partial charge in [-0.2, -0.15) is 0 Å². The zero-order chi connectivity index (χ0) is 6.41. The summed E-state index contributed by atoms with van der Waals surface area (Å²) in [6.45, 7) is 0.172. The Morgan fingerprint density at radius 1 is 1.75 bits per heavy atom. The number of aliphatic hydroxyl groups is 1. The maximum Gasteiger partial charge on any atom is 0.146 e. The third-order valence-corrected chi connectivity index (χ3v) is 0.841. The fourth-order valence-corrected chi connectivity index (χ4v) is 0.378. The van der Waals surface area contributed by atoms with Crippen LogP contribution in [0.4, 0.5) is 0 Å². The minimum Gasteiger partial charge on any atom is -0.396 e. The molecule has 0 fully saturated rings. The van der Waals surface area contributed by atoms with Gasteiger partial charge in [0.05, 0.1) is 6.54 Å². The molecular formula is C5H13NO2. The predicted molar refractivity (Wildman–Crippen MR) is 32.5 cm³/mol. The zero-order valence-electron chi connectivity index (χ0n) is 4.76. The van der Waals surface area contributed by atoms with Crippen molar-refractivity contribution in [2.45, 2.75) is 12.8 Å². The summed E-state index contributed by atoms with van der Waals surface area (Å²) in [6.07, 6.45) is 0.947. The van der Waals surface area contributed by atoms with Crippen molar-refractivity contribution in [2.24, 2.45) is 5.73 Å². The molecule has 0 bridgehead atoms. The molecule has 8 heavy (non-hydrogen) atoms. The number of hydrogen-bond donors (Lipinski definition) is 2. The summed E-state index contributed by atoms with van der Waals surface area (Å²) in [4.78, 5) is 10.3. The minimum atomic E-state index is 0. The van der Waals surface area contributed by atoms with Crippen LogP contribution in [-0.2, 0) is 4.79 Å². The number of nitrogens with two attached hydrogens (primary N) is 1. The number of carbonyl (C=O) groups is 1. The van der Waals surface area contributed by atoms with Crippen molar-refractivity contribution in [3.8, 4) is 0 Å². The van der Waals surface area contributed by atoms with Crippen molar-refractivity contribution in [3.05, 3.63) is 0 Å². The molecule has 0 aliphatic carbocycles. The molecular weight excluding hydrogens is 106 g/mol. The molecule has 3 nitrogen and oxygen atoms in total. The van der Waals surface area contributed by atoms with Gasteiger partial charge in [0.15, 0.2) is 0 Å². The fourth-order valence-electron chi connectivity index (χ4n) is 0.378. The molecule has 0 aromatic rings. The van der Waals surface area contributed by atoms with Crippen LogP contribution in [0.25, 0.3) is 0 Å². The van der Waals surface area contributed by atoms with Crippen LogP contribution in [0.3, 0.4) is 0 Å². The lowest BCUT2D eigenvalue weighted by atomic mass is 10.2. The lowest BCUT2D eigenvalue weighted by molar-refractivity contribution is -0.118. The van der Waals surface area contributed by atoms with E-state index < -0.39 is 0 Å². The van der Waals surface area contributed by atoms with E-state index in [2.05, 4.69) is 0 Å². The summed E-state index contributed by atoms with van der Waals surface area (Å²) in [5.41, 5.74) is 4.98. The molecule has 0 aliphatic rings. The standard InChI is InChI=1S/C5H11NO2.H2/c6-4-5(8)2-1-3-7;/h7H,1-4,6H2;1H. The third kappa shape index (κ3) is 3.77. The van der Waals surface area contributed by atoms with Crippen molar-refractivity contribution < 1.29 is 11.3 Å². The third-order valence-electron chi connectivity index (χ3n) is 0.841. The highest BCUT2D eigenvalue weighted by Gasteiger charge is 1.94. The van der Waals surface area contributed by atoms with Gasteiger partial charge in [-0.3, -0.25) is 4.79 Å². The second-order valence-corrected chi connectivity index (χ2v) is 1.57. The molecule has 0 rings (SSSR count). The van der Waals surface area contributed by atoms with Gasteiger partial charge >= 0.3 is 0 Å². The molecule has 0 spiro atoms. The Labute approximate surface area is 50.0 Å². The van der Waals surface area contributed by atoms with Crippen LogP contribution < -0.4 is 5.73 Å². The lowest BCUT2D eigenvalue weighted by Crippen LogP contribution is -2.13. The highest BCUT2D eigenvalue weighted by Crippen LogP contribution is 1.85. The van der Waals surface area contributed by atoms with Crippen molar-refractivity contribution >= 4 is 5.78 Å². The van der Waals surface area contributed by atoms with E-state index in [1.54, 1.807) is 0 Å². The molecule has 0 radical (unpaired) electrons. The van der Waals surface area contributed by atoms with Gasteiger partial charge in [0.25, 0.3) is 0 Å². The first kappa shape index (κ1) is 7.59. The van der Waals surface area contributed by atoms with Gasteiger partial charge in [-0.05, 0) is 6.42 Å². The van der Waals surface area contributed by atoms with E-state index in [1.807, 2.05) is 0 Å². The first-order valence-corrected chi connectivity index (χ1v) is 2.64. The van der Waals surface area contributed by atoms with E-state index in [0.29, 0.717) is 12.8 Å². The summed E-state index contributed by atoms with van der Waals surface area (Å²) >= 11 is 0. The molecule has 0 aliphatic heterocycles. The molecule has 0 amide bonds. The normalized spacial score (nSPS) is 9.25. The Kier molecular flexibility index (Phi) is 4.50. The molecule has 3 heteroatoms. The van der Waals surface area contributed by atoms with Gasteiger partial charge in [0, 0.05) is 14.5 Å². The van der Waals surface area contributed by atoms with E-state index in [4.69, 9.17) is 10.8 Å². The lowest BCUT2D eigenvalue weighted by Gasteiger charge is -1.91. The Morgan fingerprint density at radius 2 is 2.38 bits per heavy atom. The quantitative estimate of drug-likeness (QED) is 0.526. The van der Waals surface area contributed by atoms with Gasteiger partial charge in [0.1, 0.15) is 5.78 Å². The van der Waals surface area contributed by atoms with Gasteiger partial charge in [0.2, 0.25) is 0 Å². The second-order valence-electron chi connectivity index (χ2n) is 1.57. The largest absolute Gasteiger partial charge is 0.396 e. The van der Waals surface area contributed by atoms with Crippen LogP contribution in [-0.4, -0.2) is 24.0 Å². The van der Waals surface area contributed by atoms with E-state index in [0.717, 1.165) is 0 Å².